The van der Waals surface area contributed by atoms with Crippen molar-refractivity contribution < 1.29 is 27.8 Å². The molecule has 4 rings (SSSR count). The molecule has 12 heteroatoms. The Morgan fingerprint density at radius 1 is 1.03 bits per heavy atom. The number of benzene rings is 2. The first kappa shape index (κ1) is 24.4. The molecule has 2 heterocycles. The molecular weight excluding hydrogens is 478 g/mol. The van der Waals surface area contributed by atoms with Crippen LogP contribution < -0.4 is 21.3 Å². The Morgan fingerprint density at radius 3 is 2.56 bits per heavy atom. The maximum Gasteiger partial charge on any atom is 0.331 e. The van der Waals surface area contributed by atoms with Crippen LogP contribution in [0.3, 0.4) is 0 Å². The van der Waals surface area contributed by atoms with Gasteiger partial charge < -0.3 is 29.3 Å². The van der Waals surface area contributed by atoms with Crippen molar-refractivity contribution in [2.45, 2.75) is 12.6 Å². The summed E-state index contributed by atoms with van der Waals surface area (Å²) in [7, 11) is 1.13. The van der Waals surface area contributed by atoms with E-state index in [1.165, 1.54) is 30.5 Å². The second-order valence-corrected chi connectivity index (χ2v) is 7.75. The summed E-state index contributed by atoms with van der Waals surface area (Å²) in [5, 5.41) is 2.42. The first-order valence-electron chi connectivity index (χ1n) is 10.6. The minimum Gasteiger partial charge on any atom is -0.491 e. The van der Waals surface area contributed by atoms with Crippen molar-refractivity contribution in [3.8, 4) is 5.75 Å². The average molecular weight is 498 g/mol. The Labute approximate surface area is 201 Å². The number of pyridine rings is 1. The largest absolute Gasteiger partial charge is 0.491 e. The monoisotopic (exact) mass is 498 g/mol. The number of rotatable bonds is 8. The Hall–Kier alpha value is -4.74. The van der Waals surface area contributed by atoms with E-state index in [0.29, 0.717) is 22.3 Å². The van der Waals surface area contributed by atoms with Gasteiger partial charge in [0.25, 0.3) is 11.5 Å². The molecule has 0 spiro atoms. The number of fused-ring (bicyclic) bond motifs is 1. The van der Waals surface area contributed by atoms with Crippen LogP contribution in [0.25, 0.3) is 11.0 Å². The lowest BCUT2D eigenvalue weighted by Crippen LogP contribution is -2.47. The van der Waals surface area contributed by atoms with Crippen molar-refractivity contribution in [2.24, 2.45) is 0 Å². The number of H-pyrrole nitrogens is 2. The fourth-order valence-electron chi connectivity index (χ4n) is 3.50. The van der Waals surface area contributed by atoms with Gasteiger partial charge in [0.2, 0.25) is 0 Å². The molecule has 0 saturated heterocycles. The minimum absolute atomic E-state index is 0.107. The molecule has 3 N–H and O–H groups in total. The summed E-state index contributed by atoms with van der Waals surface area (Å²) in [5.74, 6) is -3.43. The number of halogens is 2. The number of methoxy groups -OCH3 is 1. The van der Waals surface area contributed by atoms with E-state index in [1.807, 2.05) is 0 Å². The van der Waals surface area contributed by atoms with Crippen LogP contribution in [0.15, 0.2) is 64.3 Å². The van der Waals surface area contributed by atoms with E-state index in [-0.39, 0.29) is 24.4 Å². The molecule has 0 fully saturated rings. The summed E-state index contributed by atoms with van der Waals surface area (Å²) in [6, 6.07) is 9.38. The number of hydrogen-bond acceptors (Lipinski definition) is 6. The SMILES string of the molecule is COC(=O)[C@@H](COc1ccc2[nH]c(=O)[nH]c2c1)NC(=O)c1cccn(Cc2ccc(F)c(F)c2)c1=O. The van der Waals surface area contributed by atoms with Crippen LogP contribution >= 0.6 is 0 Å². The molecule has 2 aromatic carbocycles. The number of nitrogens with one attached hydrogen (secondary N) is 3. The van der Waals surface area contributed by atoms with Crippen molar-refractivity contribution in [1.29, 1.82) is 0 Å². The molecular formula is C24H20F2N4O6. The zero-order chi connectivity index (χ0) is 25.8. The minimum atomic E-state index is -1.26. The van der Waals surface area contributed by atoms with E-state index in [0.717, 1.165) is 23.8 Å². The fourth-order valence-corrected chi connectivity index (χ4v) is 3.50. The number of carbonyl (C=O) groups excluding carboxylic acids is 2. The lowest BCUT2D eigenvalue weighted by molar-refractivity contribution is -0.143. The molecule has 0 bridgehead atoms. The summed E-state index contributed by atoms with van der Waals surface area (Å²) in [4.78, 5) is 54.5. The third kappa shape index (κ3) is 5.32. The number of carbonyl (C=O) groups is 2. The molecule has 0 radical (unpaired) electrons. The van der Waals surface area contributed by atoms with Crippen LogP contribution in [0.4, 0.5) is 8.78 Å². The zero-order valence-corrected chi connectivity index (χ0v) is 18.8. The average Bonchev–Trinajstić information content (AvgIpc) is 3.23. The summed E-state index contributed by atoms with van der Waals surface area (Å²) >= 11 is 0. The Balaban J connectivity index is 1.49. The predicted molar refractivity (Wildman–Crippen MR) is 124 cm³/mol. The van der Waals surface area contributed by atoms with E-state index in [4.69, 9.17) is 9.47 Å². The highest BCUT2D eigenvalue weighted by atomic mass is 19.2. The van der Waals surface area contributed by atoms with Crippen molar-refractivity contribution in [3.63, 3.8) is 0 Å². The van der Waals surface area contributed by atoms with Gasteiger partial charge in [-0.15, -0.1) is 0 Å². The molecule has 0 aliphatic rings. The molecule has 0 aliphatic heterocycles. The molecule has 0 unspecified atom stereocenters. The second-order valence-electron chi connectivity index (χ2n) is 7.75. The number of hydrogen-bond donors (Lipinski definition) is 3. The number of imidazole rings is 1. The normalized spacial score (nSPS) is 11.8. The molecule has 186 valence electrons. The quantitative estimate of drug-likeness (QED) is 0.317. The highest BCUT2D eigenvalue weighted by Crippen LogP contribution is 2.17. The van der Waals surface area contributed by atoms with Gasteiger partial charge in [-0.25, -0.2) is 18.4 Å². The number of ether oxygens (including phenoxy) is 2. The first-order chi connectivity index (χ1) is 17.2. The first-order valence-corrected chi connectivity index (χ1v) is 10.6. The van der Waals surface area contributed by atoms with Crippen molar-refractivity contribution in [3.05, 3.63) is 98.3 Å². The summed E-state index contributed by atoms with van der Waals surface area (Å²) in [6.45, 7) is -0.432. The van der Waals surface area contributed by atoms with Gasteiger partial charge in [-0.2, -0.15) is 0 Å². The Morgan fingerprint density at radius 2 is 1.81 bits per heavy atom. The van der Waals surface area contributed by atoms with Gasteiger partial charge in [0.1, 0.15) is 17.9 Å². The van der Waals surface area contributed by atoms with E-state index < -0.39 is 35.1 Å². The third-order valence-corrected chi connectivity index (χ3v) is 5.30. The smallest absolute Gasteiger partial charge is 0.331 e. The molecule has 1 amide bonds. The van der Waals surface area contributed by atoms with E-state index >= 15 is 0 Å². The second kappa shape index (κ2) is 10.3. The maximum atomic E-state index is 13.5. The standard InChI is InChI=1S/C24H20F2N4O6/c1-35-23(33)20(12-36-14-5-7-18-19(10-14)29-24(34)28-18)27-21(31)15-3-2-8-30(22(15)32)11-13-4-6-16(25)17(26)9-13/h2-10,20H,11-12H2,1H3,(H,27,31)(H2,28,29,34)/t20-/m1/s1. The molecule has 1 atom stereocenters. The van der Waals surface area contributed by atoms with Crippen LogP contribution in [-0.4, -0.2) is 46.2 Å². The summed E-state index contributed by atoms with van der Waals surface area (Å²) in [6.07, 6.45) is 1.39. The van der Waals surface area contributed by atoms with Gasteiger partial charge in [-0.1, -0.05) is 6.07 Å². The van der Waals surface area contributed by atoms with E-state index in [1.54, 1.807) is 12.1 Å². The number of aromatic amines is 2. The summed E-state index contributed by atoms with van der Waals surface area (Å²) < 4.78 is 38.2. The van der Waals surface area contributed by atoms with Gasteiger partial charge in [0, 0.05) is 12.3 Å². The highest BCUT2D eigenvalue weighted by Gasteiger charge is 2.25. The van der Waals surface area contributed by atoms with Crippen LogP contribution in [0.2, 0.25) is 0 Å². The van der Waals surface area contributed by atoms with Crippen molar-refractivity contribution in [1.82, 2.24) is 19.9 Å². The zero-order valence-electron chi connectivity index (χ0n) is 18.8. The Kier molecular flexibility index (Phi) is 6.95. The van der Waals surface area contributed by atoms with Crippen molar-refractivity contribution in [2.75, 3.05) is 13.7 Å². The lowest BCUT2D eigenvalue weighted by Gasteiger charge is -2.17. The molecule has 36 heavy (non-hydrogen) atoms. The van der Waals surface area contributed by atoms with Crippen LogP contribution in [0.5, 0.6) is 5.75 Å². The highest BCUT2D eigenvalue weighted by molar-refractivity contribution is 5.96. The molecule has 10 nitrogen and oxygen atoms in total. The molecule has 0 aliphatic carbocycles. The lowest BCUT2D eigenvalue weighted by atomic mass is 10.2. The maximum absolute atomic E-state index is 13.5. The van der Waals surface area contributed by atoms with E-state index in [9.17, 15) is 28.0 Å². The summed E-state index contributed by atoms with van der Waals surface area (Å²) in [5.41, 5.74) is -0.00238. The van der Waals surface area contributed by atoms with E-state index in [2.05, 4.69) is 15.3 Å². The van der Waals surface area contributed by atoms with Crippen LogP contribution in [-0.2, 0) is 16.1 Å². The topological polar surface area (TPSA) is 135 Å². The third-order valence-electron chi connectivity index (χ3n) is 5.30. The molecule has 4 aromatic rings. The van der Waals surface area contributed by atoms with Gasteiger partial charge in [-0.3, -0.25) is 9.59 Å². The fraction of sp³-hybridized carbons (Fsp3) is 0.167. The predicted octanol–water partition coefficient (Wildman–Crippen LogP) is 1.69. The van der Waals surface area contributed by atoms with Crippen molar-refractivity contribution >= 4 is 22.9 Å². The van der Waals surface area contributed by atoms with Gasteiger partial charge in [0.15, 0.2) is 17.7 Å². The van der Waals surface area contributed by atoms with Gasteiger partial charge >= 0.3 is 11.7 Å². The number of nitrogens with zero attached hydrogens (tertiary/aromatic N) is 1. The number of amides is 1. The molecule has 2 aromatic heterocycles. The van der Waals surface area contributed by atoms with Crippen LogP contribution in [0, 0.1) is 11.6 Å². The number of aromatic nitrogens is 3. The number of esters is 1. The Bertz CT molecular complexity index is 1560. The van der Waals surface area contributed by atoms with Gasteiger partial charge in [0.05, 0.1) is 24.7 Å². The molecule has 0 saturated carbocycles. The van der Waals surface area contributed by atoms with Gasteiger partial charge in [-0.05, 0) is 42.0 Å². The van der Waals surface area contributed by atoms with Crippen LogP contribution in [0.1, 0.15) is 15.9 Å².